The molecule has 0 aliphatic carbocycles. The molecule has 1 nitrogen and oxygen atoms in total. The standard InChI is InChI=1S/C20H16N/c1-2-17-13-15-20(16-14-17)21(18-9-5-3-6-10-18)19-11-7-4-8-12-19/h1-16H. The molecular formula is C20H16N. The van der Waals surface area contributed by atoms with Crippen molar-refractivity contribution in [2.45, 2.75) is 0 Å². The van der Waals surface area contributed by atoms with E-state index in [1.54, 1.807) is 6.08 Å². The summed E-state index contributed by atoms with van der Waals surface area (Å²) in [6, 6.07) is 28.9. The molecule has 0 heterocycles. The Balaban J connectivity index is 2.09. The van der Waals surface area contributed by atoms with Crippen LogP contribution in [0.1, 0.15) is 5.56 Å². The molecule has 0 amide bonds. The quantitative estimate of drug-likeness (QED) is 0.596. The minimum Gasteiger partial charge on any atom is -0.311 e. The van der Waals surface area contributed by atoms with Gasteiger partial charge in [0.05, 0.1) is 0 Å². The van der Waals surface area contributed by atoms with Crippen molar-refractivity contribution in [2.75, 3.05) is 4.90 Å². The molecule has 101 valence electrons. The second kappa shape index (κ2) is 6.10. The second-order valence-corrected chi connectivity index (χ2v) is 4.76. The predicted octanol–water partition coefficient (Wildman–Crippen LogP) is 5.60. The van der Waals surface area contributed by atoms with E-state index in [1.165, 1.54) is 0 Å². The van der Waals surface area contributed by atoms with Crippen LogP contribution >= 0.6 is 0 Å². The van der Waals surface area contributed by atoms with Crippen molar-refractivity contribution in [2.24, 2.45) is 0 Å². The highest BCUT2D eigenvalue weighted by molar-refractivity contribution is 5.76. The lowest BCUT2D eigenvalue weighted by molar-refractivity contribution is 1.28. The molecule has 0 spiro atoms. The molecule has 0 N–H and O–H groups in total. The zero-order valence-corrected chi connectivity index (χ0v) is 11.7. The van der Waals surface area contributed by atoms with Gasteiger partial charge < -0.3 is 4.90 Å². The molecule has 1 radical (unpaired) electrons. The third-order valence-electron chi connectivity index (χ3n) is 3.37. The van der Waals surface area contributed by atoms with Crippen LogP contribution in [0.3, 0.4) is 0 Å². The van der Waals surface area contributed by atoms with Crippen molar-refractivity contribution in [3.63, 3.8) is 0 Å². The highest BCUT2D eigenvalue weighted by Gasteiger charge is 2.10. The number of hydrogen-bond donors (Lipinski definition) is 0. The highest BCUT2D eigenvalue weighted by Crippen LogP contribution is 2.33. The topological polar surface area (TPSA) is 3.24 Å². The van der Waals surface area contributed by atoms with Crippen molar-refractivity contribution in [1.29, 1.82) is 0 Å². The zero-order chi connectivity index (χ0) is 14.5. The van der Waals surface area contributed by atoms with E-state index in [-0.39, 0.29) is 0 Å². The molecule has 0 fully saturated rings. The lowest BCUT2D eigenvalue weighted by atomic mass is 10.1. The lowest BCUT2D eigenvalue weighted by Gasteiger charge is -2.25. The molecule has 0 atom stereocenters. The molecule has 0 aliphatic rings. The summed E-state index contributed by atoms with van der Waals surface area (Å²) in [7, 11) is 0. The molecule has 0 aromatic heterocycles. The van der Waals surface area contributed by atoms with Crippen LogP contribution in [0.5, 0.6) is 0 Å². The van der Waals surface area contributed by atoms with Gasteiger partial charge in [0.1, 0.15) is 0 Å². The Morgan fingerprint density at radius 2 is 1.00 bits per heavy atom. The molecular weight excluding hydrogens is 254 g/mol. The number of anilines is 3. The van der Waals surface area contributed by atoms with Gasteiger partial charge in [-0.2, -0.15) is 0 Å². The maximum absolute atomic E-state index is 5.56. The van der Waals surface area contributed by atoms with Crippen LogP contribution in [0.25, 0.3) is 6.08 Å². The molecule has 0 saturated heterocycles. The van der Waals surface area contributed by atoms with Crippen LogP contribution in [0, 0.1) is 6.58 Å². The zero-order valence-electron chi connectivity index (χ0n) is 11.7. The average molecular weight is 270 g/mol. The van der Waals surface area contributed by atoms with E-state index in [0.717, 1.165) is 22.6 Å². The van der Waals surface area contributed by atoms with Gasteiger partial charge in [-0.25, -0.2) is 0 Å². The van der Waals surface area contributed by atoms with Gasteiger partial charge in [0, 0.05) is 17.1 Å². The van der Waals surface area contributed by atoms with E-state index in [1.807, 2.05) is 48.5 Å². The van der Waals surface area contributed by atoms with E-state index < -0.39 is 0 Å². The van der Waals surface area contributed by atoms with E-state index in [0.29, 0.717) is 0 Å². The fourth-order valence-electron chi connectivity index (χ4n) is 2.34. The van der Waals surface area contributed by atoms with E-state index in [9.17, 15) is 0 Å². The molecule has 0 unspecified atom stereocenters. The first-order valence-corrected chi connectivity index (χ1v) is 6.94. The monoisotopic (exact) mass is 270 g/mol. The summed E-state index contributed by atoms with van der Waals surface area (Å²) in [5.74, 6) is 0. The maximum atomic E-state index is 5.56. The molecule has 3 aromatic rings. The first-order valence-electron chi connectivity index (χ1n) is 6.94. The van der Waals surface area contributed by atoms with Crippen LogP contribution in [0.2, 0.25) is 0 Å². The summed E-state index contributed by atoms with van der Waals surface area (Å²) in [5, 5.41) is 0. The van der Waals surface area contributed by atoms with E-state index in [4.69, 9.17) is 6.58 Å². The fourth-order valence-corrected chi connectivity index (χ4v) is 2.34. The Labute approximate surface area is 125 Å². The SMILES string of the molecule is [CH]=Cc1ccc(N(c2ccccc2)c2ccccc2)cc1. The summed E-state index contributed by atoms with van der Waals surface area (Å²) >= 11 is 0. The van der Waals surface area contributed by atoms with Crippen molar-refractivity contribution >= 4 is 23.1 Å². The van der Waals surface area contributed by atoms with Crippen LogP contribution in [0.15, 0.2) is 84.9 Å². The number of rotatable bonds is 4. The Bertz CT molecular complexity index is 660. The number of nitrogens with zero attached hydrogens (tertiary/aromatic N) is 1. The van der Waals surface area contributed by atoms with Crippen LogP contribution in [-0.2, 0) is 0 Å². The summed E-state index contributed by atoms with van der Waals surface area (Å²) in [5.41, 5.74) is 4.39. The average Bonchev–Trinajstić information content (AvgIpc) is 2.58. The third kappa shape index (κ3) is 2.87. The maximum Gasteiger partial charge on any atom is 0.0462 e. The summed E-state index contributed by atoms with van der Waals surface area (Å²) in [6.45, 7) is 5.56. The number of para-hydroxylation sites is 2. The Morgan fingerprint density at radius 3 is 1.43 bits per heavy atom. The van der Waals surface area contributed by atoms with Gasteiger partial charge >= 0.3 is 0 Å². The van der Waals surface area contributed by atoms with Gasteiger partial charge in [-0.15, -0.1) is 0 Å². The van der Waals surface area contributed by atoms with Crippen LogP contribution in [0.4, 0.5) is 17.1 Å². The van der Waals surface area contributed by atoms with Crippen molar-refractivity contribution in [1.82, 2.24) is 0 Å². The van der Waals surface area contributed by atoms with Crippen molar-refractivity contribution < 1.29 is 0 Å². The summed E-state index contributed by atoms with van der Waals surface area (Å²) in [4.78, 5) is 2.22. The largest absolute Gasteiger partial charge is 0.311 e. The second-order valence-electron chi connectivity index (χ2n) is 4.76. The van der Waals surface area contributed by atoms with E-state index in [2.05, 4.69) is 41.3 Å². The van der Waals surface area contributed by atoms with E-state index >= 15 is 0 Å². The first-order chi connectivity index (χ1) is 10.4. The lowest BCUT2D eigenvalue weighted by Crippen LogP contribution is -2.09. The van der Waals surface area contributed by atoms with Gasteiger partial charge in [0.15, 0.2) is 0 Å². The predicted molar refractivity (Wildman–Crippen MR) is 89.9 cm³/mol. The van der Waals surface area contributed by atoms with Gasteiger partial charge in [-0.3, -0.25) is 0 Å². The van der Waals surface area contributed by atoms with Gasteiger partial charge in [0.2, 0.25) is 0 Å². The van der Waals surface area contributed by atoms with Crippen molar-refractivity contribution in [3.05, 3.63) is 97.1 Å². The molecule has 3 rings (SSSR count). The number of hydrogen-bond acceptors (Lipinski definition) is 1. The number of benzene rings is 3. The summed E-state index contributed by atoms with van der Waals surface area (Å²) in [6.07, 6.45) is 1.61. The molecule has 1 heteroatoms. The molecule has 0 saturated carbocycles. The Kier molecular flexibility index (Phi) is 3.83. The molecule has 0 aliphatic heterocycles. The highest BCUT2D eigenvalue weighted by atomic mass is 15.1. The fraction of sp³-hybridized carbons (Fsp3) is 0. The smallest absolute Gasteiger partial charge is 0.0462 e. The van der Waals surface area contributed by atoms with Crippen LogP contribution < -0.4 is 4.90 Å². The minimum atomic E-state index is 1.01. The summed E-state index contributed by atoms with van der Waals surface area (Å²) < 4.78 is 0. The Morgan fingerprint density at radius 1 is 0.571 bits per heavy atom. The Hall–Kier alpha value is -2.80. The van der Waals surface area contributed by atoms with Crippen LogP contribution in [-0.4, -0.2) is 0 Å². The van der Waals surface area contributed by atoms with Gasteiger partial charge in [-0.1, -0.05) is 61.2 Å². The molecule has 21 heavy (non-hydrogen) atoms. The third-order valence-corrected chi connectivity index (χ3v) is 3.37. The van der Waals surface area contributed by atoms with Crippen molar-refractivity contribution in [3.8, 4) is 0 Å². The minimum absolute atomic E-state index is 1.01. The van der Waals surface area contributed by atoms with Gasteiger partial charge in [-0.05, 0) is 42.0 Å². The van der Waals surface area contributed by atoms with Gasteiger partial charge in [0.25, 0.3) is 0 Å². The first kappa shape index (κ1) is 13.2. The normalized spacial score (nSPS) is 10.1. The molecule has 0 bridgehead atoms. The molecule has 3 aromatic carbocycles.